The Bertz CT molecular complexity index is 1180. The molecule has 0 spiro atoms. The predicted molar refractivity (Wildman–Crippen MR) is 136 cm³/mol. The summed E-state index contributed by atoms with van der Waals surface area (Å²) in [4.78, 5) is 15.4. The maximum absolute atomic E-state index is 13.1. The Labute approximate surface area is 219 Å². The van der Waals surface area contributed by atoms with E-state index in [2.05, 4.69) is 15.3 Å². The molecule has 3 saturated carbocycles. The van der Waals surface area contributed by atoms with E-state index < -0.39 is 11.7 Å². The molecule has 6 nitrogen and oxygen atoms in total. The van der Waals surface area contributed by atoms with Crippen molar-refractivity contribution < 1.29 is 17.9 Å². The molecular formula is C27H32ClF3N4O2. The molecule has 1 aromatic carbocycles. The van der Waals surface area contributed by atoms with E-state index in [0.717, 1.165) is 64.0 Å². The summed E-state index contributed by atoms with van der Waals surface area (Å²) in [5, 5.41) is 7.96. The van der Waals surface area contributed by atoms with Crippen LogP contribution in [0.15, 0.2) is 35.3 Å². The minimum atomic E-state index is -4.34. The van der Waals surface area contributed by atoms with Crippen LogP contribution in [0.25, 0.3) is 0 Å². The second-order valence-electron chi connectivity index (χ2n) is 11.1. The summed E-state index contributed by atoms with van der Waals surface area (Å²) < 4.78 is 46.2. The van der Waals surface area contributed by atoms with E-state index in [4.69, 9.17) is 16.3 Å². The summed E-state index contributed by atoms with van der Waals surface area (Å²) in [6.45, 7) is 2.33. The Morgan fingerprint density at radius 1 is 1.05 bits per heavy atom. The third-order valence-corrected chi connectivity index (χ3v) is 8.95. The molecule has 0 radical (unpaired) electrons. The molecule has 2 aromatic rings. The molecule has 10 heteroatoms. The number of ether oxygens (including phenoxy) is 1. The van der Waals surface area contributed by atoms with Crippen molar-refractivity contribution in [1.29, 1.82) is 0 Å². The quantitative estimate of drug-likeness (QED) is 0.487. The Hall–Kier alpha value is -2.26. The molecule has 1 unspecified atom stereocenters. The zero-order valence-electron chi connectivity index (χ0n) is 20.6. The molecule has 3 aliphatic carbocycles. The van der Waals surface area contributed by atoms with Crippen LogP contribution in [-0.4, -0.2) is 41.6 Å². The first-order chi connectivity index (χ1) is 17.8. The van der Waals surface area contributed by atoms with Gasteiger partial charge in [0.1, 0.15) is 5.02 Å². The molecule has 1 aliphatic heterocycles. The first kappa shape index (κ1) is 25.0. The maximum Gasteiger partial charge on any atom is 0.416 e. The fourth-order valence-corrected chi connectivity index (χ4v) is 6.49. The molecule has 2 heterocycles. The number of nitrogens with zero attached hydrogens (tertiary/aromatic N) is 3. The zero-order valence-corrected chi connectivity index (χ0v) is 21.3. The van der Waals surface area contributed by atoms with Gasteiger partial charge >= 0.3 is 6.18 Å². The minimum absolute atomic E-state index is 0.0390. The SMILES string of the molecule is O=c1c(Cl)c(NC[C@H]2COCC3C[C@H]32)cnn1[C@H]1CC[C@H](N(c2ccc(C(F)(F)F)cc2)C2CC2)CC1. The van der Waals surface area contributed by atoms with Gasteiger partial charge in [0.25, 0.3) is 5.56 Å². The largest absolute Gasteiger partial charge is 0.416 e. The van der Waals surface area contributed by atoms with Gasteiger partial charge in [-0.2, -0.15) is 18.3 Å². The Morgan fingerprint density at radius 3 is 2.38 bits per heavy atom. The van der Waals surface area contributed by atoms with Gasteiger partial charge in [-0.1, -0.05) is 11.6 Å². The summed E-state index contributed by atoms with van der Waals surface area (Å²) >= 11 is 6.48. The van der Waals surface area contributed by atoms with E-state index in [1.165, 1.54) is 23.2 Å². The Balaban J connectivity index is 1.09. The summed E-state index contributed by atoms with van der Waals surface area (Å²) in [6.07, 6.45) is 3.89. The van der Waals surface area contributed by atoms with Gasteiger partial charge < -0.3 is 15.0 Å². The van der Waals surface area contributed by atoms with Crippen LogP contribution in [0.5, 0.6) is 0 Å². The van der Waals surface area contributed by atoms with Crippen molar-refractivity contribution in [2.24, 2.45) is 17.8 Å². The van der Waals surface area contributed by atoms with E-state index in [0.29, 0.717) is 29.5 Å². The van der Waals surface area contributed by atoms with Gasteiger partial charge in [-0.3, -0.25) is 4.79 Å². The van der Waals surface area contributed by atoms with Crippen LogP contribution in [0.4, 0.5) is 24.5 Å². The number of alkyl halides is 3. The molecule has 1 saturated heterocycles. The molecule has 4 aliphatic rings. The standard InChI is InChI=1S/C27H32ClF3N4O2/c28-25-24(32-12-17-15-37-14-16-11-23(16)17)13-33-35(26(25)36)22-9-7-21(8-10-22)34(20-5-6-20)19-3-1-18(2-4-19)27(29,30)31/h1-4,13,16-17,20-23,32H,5-12,14-15H2/t16?,17-,21-,22-,23+/m0/s1. The van der Waals surface area contributed by atoms with Gasteiger partial charge in [-0.05, 0) is 81.0 Å². The lowest BCUT2D eigenvalue weighted by Crippen LogP contribution is -2.41. The van der Waals surface area contributed by atoms with Crippen LogP contribution in [0.2, 0.25) is 5.02 Å². The fraction of sp³-hybridized carbons (Fsp3) is 0.630. The van der Waals surface area contributed by atoms with Crippen molar-refractivity contribution in [3.8, 4) is 0 Å². The van der Waals surface area contributed by atoms with Crippen LogP contribution in [0.1, 0.15) is 56.6 Å². The summed E-state index contributed by atoms with van der Waals surface area (Å²) in [7, 11) is 0. The fourth-order valence-electron chi connectivity index (χ4n) is 6.29. The highest BCUT2D eigenvalue weighted by atomic mass is 35.5. The minimum Gasteiger partial charge on any atom is -0.382 e. The third-order valence-electron chi connectivity index (χ3n) is 8.58. The molecule has 1 aromatic heterocycles. The lowest BCUT2D eigenvalue weighted by atomic mass is 9.89. The maximum atomic E-state index is 13.1. The number of hydrogen-bond acceptors (Lipinski definition) is 5. The van der Waals surface area contributed by atoms with E-state index in [9.17, 15) is 18.0 Å². The van der Waals surface area contributed by atoms with E-state index >= 15 is 0 Å². The Morgan fingerprint density at radius 2 is 1.73 bits per heavy atom. The van der Waals surface area contributed by atoms with Crippen molar-refractivity contribution in [3.63, 3.8) is 0 Å². The molecule has 37 heavy (non-hydrogen) atoms. The zero-order chi connectivity index (χ0) is 25.7. The molecule has 4 fully saturated rings. The highest BCUT2D eigenvalue weighted by Crippen LogP contribution is 2.47. The number of rotatable bonds is 7. The van der Waals surface area contributed by atoms with Gasteiger partial charge in [-0.15, -0.1) is 0 Å². The second kappa shape index (κ2) is 9.80. The van der Waals surface area contributed by atoms with Crippen molar-refractivity contribution in [3.05, 3.63) is 51.4 Å². The highest BCUT2D eigenvalue weighted by molar-refractivity contribution is 6.32. The molecule has 1 N–H and O–H groups in total. The number of anilines is 2. The molecule has 6 rings (SSSR count). The molecule has 0 amide bonds. The molecular weight excluding hydrogens is 505 g/mol. The van der Waals surface area contributed by atoms with Gasteiger partial charge in [-0.25, -0.2) is 4.68 Å². The number of hydrogen-bond donors (Lipinski definition) is 1. The number of benzene rings is 1. The molecule has 0 bridgehead atoms. The highest BCUT2D eigenvalue weighted by Gasteiger charge is 2.46. The van der Waals surface area contributed by atoms with Crippen molar-refractivity contribution in [2.75, 3.05) is 30.0 Å². The summed E-state index contributed by atoms with van der Waals surface area (Å²) in [5.74, 6) is 1.83. The number of fused-ring (bicyclic) bond motifs is 1. The van der Waals surface area contributed by atoms with Crippen molar-refractivity contribution in [2.45, 2.75) is 69.2 Å². The summed E-state index contributed by atoms with van der Waals surface area (Å²) in [6, 6.07) is 6.09. The van der Waals surface area contributed by atoms with E-state index in [1.807, 2.05) is 0 Å². The van der Waals surface area contributed by atoms with Crippen LogP contribution < -0.4 is 15.8 Å². The third kappa shape index (κ3) is 5.21. The number of aromatic nitrogens is 2. The monoisotopic (exact) mass is 536 g/mol. The number of halogens is 4. The van der Waals surface area contributed by atoms with Crippen LogP contribution >= 0.6 is 11.6 Å². The molecule has 3 atom stereocenters. The van der Waals surface area contributed by atoms with Gasteiger partial charge in [0.05, 0.1) is 30.1 Å². The van der Waals surface area contributed by atoms with Crippen molar-refractivity contribution >= 4 is 23.0 Å². The first-order valence-electron chi connectivity index (χ1n) is 13.3. The van der Waals surface area contributed by atoms with Crippen LogP contribution in [0, 0.1) is 17.8 Å². The van der Waals surface area contributed by atoms with E-state index in [-0.39, 0.29) is 22.7 Å². The average molecular weight is 537 g/mol. The normalized spacial score (nSPS) is 29.5. The Kier molecular flexibility index (Phi) is 6.63. The average Bonchev–Trinajstić information content (AvgIpc) is 3.81. The topological polar surface area (TPSA) is 59.4 Å². The van der Waals surface area contributed by atoms with Crippen LogP contribution in [0.3, 0.4) is 0 Å². The van der Waals surface area contributed by atoms with Crippen molar-refractivity contribution in [1.82, 2.24) is 9.78 Å². The first-order valence-corrected chi connectivity index (χ1v) is 13.7. The molecule has 200 valence electrons. The second-order valence-corrected chi connectivity index (χ2v) is 11.5. The van der Waals surface area contributed by atoms with Gasteiger partial charge in [0.15, 0.2) is 0 Å². The smallest absolute Gasteiger partial charge is 0.382 e. The van der Waals surface area contributed by atoms with Gasteiger partial charge in [0.2, 0.25) is 0 Å². The lowest BCUT2D eigenvalue weighted by molar-refractivity contribution is -0.137. The lowest BCUT2D eigenvalue weighted by Gasteiger charge is -2.39. The van der Waals surface area contributed by atoms with Gasteiger partial charge in [0, 0.05) is 36.8 Å². The number of nitrogens with one attached hydrogen (secondary N) is 1. The van der Waals surface area contributed by atoms with E-state index in [1.54, 1.807) is 18.3 Å². The summed E-state index contributed by atoms with van der Waals surface area (Å²) in [5.41, 5.74) is 0.510. The van der Waals surface area contributed by atoms with Crippen LogP contribution in [-0.2, 0) is 10.9 Å². The predicted octanol–water partition coefficient (Wildman–Crippen LogP) is 5.76.